The minimum Gasteiger partial charge on any atom is -0.478 e. The van der Waals surface area contributed by atoms with Gasteiger partial charge in [0.25, 0.3) is 5.91 Å². The number of amides is 1. The zero-order valence-electron chi connectivity index (χ0n) is 16.7. The van der Waals surface area contributed by atoms with Crippen molar-refractivity contribution in [3.05, 3.63) is 52.5 Å². The van der Waals surface area contributed by atoms with Crippen molar-refractivity contribution in [2.75, 3.05) is 22.4 Å². The maximum absolute atomic E-state index is 13.1. The van der Waals surface area contributed by atoms with Crippen LogP contribution in [0.5, 0.6) is 5.75 Å². The number of aryl methyl sites for hydroxylation is 2. The van der Waals surface area contributed by atoms with Gasteiger partial charge in [0, 0.05) is 23.7 Å². The molecule has 8 heteroatoms. The van der Waals surface area contributed by atoms with E-state index in [4.69, 9.17) is 16.3 Å². The first-order valence-electron chi connectivity index (χ1n) is 9.60. The van der Waals surface area contributed by atoms with Crippen molar-refractivity contribution in [1.82, 2.24) is 0 Å². The third-order valence-electron chi connectivity index (χ3n) is 4.99. The first kappa shape index (κ1) is 21.5. The summed E-state index contributed by atoms with van der Waals surface area (Å²) >= 11 is 6.06. The van der Waals surface area contributed by atoms with E-state index in [-0.39, 0.29) is 18.9 Å². The van der Waals surface area contributed by atoms with Gasteiger partial charge in [0.1, 0.15) is 5.75 Å². The number of carbonyl (C=O) groups excluding carboxylic acids is 1. The molecule has 0 saturated heterocycles. The Kier molecular flexibility index (Phi) is 6.39. The van der Waals surface area contributed by atoms with E-state index in [1.54, 1.807) is 18.2 Å². The second kappa shape index (κ2) is 8.63. The van der Waals surface area contributed by atoms with Gasteiger partial charge < -0.3 is 10.1 Å². The van der Waals surface area contributed by atoms with Crippen molar-refractivity contribution in [2.24, 2.45) is 0 Å². The molecule has 2 aromatic carbocycles. The van der Waals surface area contributed by atoms with Crippen LogP contribution in [-0.2, 0) is 27.7 Å². The van der Waals surface area contributed by atoms with E-state index in [2.05, 4.69) is 5.32 Å². The molecule has 156 valence electrons. The van der Waals surface area contributed by atoms with Gasteiger partial charge in [-0.1, -0.05) is 43.6 Å². The van der Waals surface area contributed by atoms with Crippen molar-refractivity contribution in [3.63, 3.8) is 0 Å². The predicted molar refractivity (Wildman–Crippen MR) is 117 cm³/mol. The van der Waals surface area contributed by atoms with Crippen molar-refractivity contribution in [1.29, 1.82) is 0 Å². The Morgan fingerprint density at radius 2 is 1.86 bits per heavy atom. The number of sulfonamides is 1. The highest BCUT2D eigenvalue weighted by Crippen LogP contribution is 2.36. The van der Waals surface area contributed by atoms with Crippen LogP contribution in [0, 0.1) is 0 Å². The average molecular weight is 437 g/mol. The zero-order valence-corrected chi connectivity index (χ0v) is 18.3. The largest absolute Gasteiger partial charge is 0.478 e. The second-order valence-corrected chi connectivity index (χ2v) is 9.33. The molecule has 1 amide bonds. The minimum absolute atomic E-state index is 0.125. The van der Waals surface area contributed by atoms with Gasteiger partial charge in [-0.05, 0) is 42.2 Å². The highest BCUT2D eigenvalue weighted by Gasteiger charge is 2.31. The molecular weight excluding hydrogens is 412 g/mol. The minimum atomic E-state index is -3.55. The number of hydrogen-bond acceptors (Lipinski definition) is 4. The fourth-order valence-corrected chi connectivity index (χ4v) is 4.59. The van der Waals surface area contributed by atoms with Crippen molar-refractivity contribution in [2.45, 2.75) is 39.2 Å². The summed E-state index contributed by atoms with van der Waals surface area (Å²) in [7, 11) is -3.55. The quantitative estimate of drug-likeness (QED) is 0.768. The molecule has 1 N–H and O–H groups in total. The molecule has 3 rings (SSSR count). The molecule has 29 heavy (non-hydrogen) atoms. The number of fused-ring (bicyclic) bond motifs is 1. The normalized spacial score (nSPS) is 16.6. The molecule has 0 fully saturated rings. The molecule has 1 aliphatic heterocycles. The Hall–Kier alpha value is -2.25. The fourth-order valence-electron chi connectivity index (χ4n) is 3.49. The number of nitrogens with zero attached hydrogens (tertiary/aromatic N) is 1. The predicted octanol–water partition coefficient (Wildman–Crippen LogP) is 4.02. The maximum Gasteiger partial charge on any atom is 0.265 e. The van der Waals surface area contributed by atoms with E-state index in [0.717, 1.165) is 35.9 Å². The number of ether oxygens (including phenoxy) is 1. The molecule has 2 aromatic rings. The lowest BCUT2D eigenvalue weighted by molar-refractivity contribution is -0.122. The first-order valence-corrected chi connectivity index (χ1v) is 11.8. The molecule has 0 unspecified atom stereocenters. The lowest BCUT2D eigenvalue weighted by Crippen LogP contribution is -2.36. The molecule has 0 aliphatic carbocycles. The van der Waals surface area contributed by atoms with Crippen LogP contribution in [-0.4, -0.2) is 33.2 Å². The van der Waals surface area contributed by atoms with E-state index in [0.29, 0.717) is 16.5 Å². The van der Waals surface area contributed by atoms with Gasteiger partial charge in [-0.2, -0.15) is 0 Å². The van der Waals surface area contributed by atoms with Crippen molar-refractivity contribution >= 4 is 38.9 Å². The van der Waals surface area contributed by atoms with E-state index >= 15 is 0 Å². The third-order valence-corrected chi connectivity index (χ3v) is 6.41. The van der Waals surface area contributed by atoms with Gasteiger partial charge in [-0.25, -0.2) is 8.42 Å². The molecule has 6 nitrogen and oxygen atoms in total. The molecule has 1 heterocycles. The number of carbonyl (C=O) groups is 1. The van der Waals surface area contributed by atoms with Crippen molar-refractivity contribution in [3.8, 4) is 5.75 Å². The molecular formula is C21H25ClN2O4S. The van der Waals surface area contributed by atoms with E-state index in [9.17, 15) is 13.2 Å². The lowest BCUT2D eigenvalue weighted by atomic mass is 10.0. The smallest absolute Gasteiger partial charge is 0.265 e. The number of rotatable bonds is 5. The van der Waals surface area contributed by atoms with Gasteiger partial charge in [0.05, 0.1) is 11.9 Å². The summed E-state index contributed by atoms with van der Waals surface area (Å²) in [5.41, 5.74) is 3.26. The molecule has 0 radical (unpaired) electrons. The molecule has 0 aromatic heterocycles. The van der Waals surface area contributed by atoms with E-state index < -0.39 is 16.1 Å². The van der Waals surface area contributed by atoms with Crippen LogP contribution in [0.15, 0.2) is 36.4 Å². The van der Waals surface area contributed by atoms with Crippen LogP contribution in [0.4, 0.5) is 11.4 Å². The lowest BCUT2D eigenvalue weighted by Gasteiger charge is -2.21. The average Bonchev–Trinajstić information content (AvgIpc) is 2.87. The highest BCUT2D eigenvalue weighted by molar-refractivity contribution is 7.92. The SMILES string of the molecule is CCc1cccc(CC)c1NC(=O)[C@@H]1CCN(S(C)(=O)=O)c2cc(Cl)ccc2O1. The van der Waals surface area contributed by atoms with Crippen LogP contribution in [0.3, 0.4) is 0 Å². The summed E-state index contributed by atoms with van der Waals surface area (Å²) in [6, 6.07) is 10.7. The summed E-state index contributed by atoms with van der Waals surface area (Å²) in [4.78, 5) is 13.1. The Bertz CT molecular complexity index is 1000. The maximum atomic E-state index is 13.1. The van der Waals surface area contributed by atoms with Gasteiger partial charge in [-0.3, -0.25) is 9.10 Å². The molecule has 1 aliphatic rings. The van der Waals surface area contributed by atoms with Gasteiger partial charge in [0.15, 0.2) is 6.10 Å². The topological polar surface area (TPSA) is 75.7 Å². The number of hydrogen-bond donors (Lipinski definition) is 1. The van der Waals surface area contributed by atoms with Crippen LogP contribution in [0.2, 0.25) is 5.02 Å². The van der Waals surface area contributed by atoms with Gasteiger partial charge >= 0.3 is 0 Å². The van der Waals surface area contributed by atoms with E-state index in [1.165, 1.54) is 4.31 Å². The monoisotopic (exact) mass is 436 g/mol. The summed E-state index contributed by atoms with van der Waals surface area (Å²) in [5.74, 6) is 0.0221. The molecule has 0 spiro atoms. The fraction of sp³-hybridized carbons (Fsp3) is 0.381. The van der Waals surface area contributed by atoms with Crippen LogP contribution >= 0.6 is 11.6 Å². The first-order chi connectivity index (χ1) is 13.7. The number of anilines is 2. The third kappa shape index (κ3) is 4.67. The number of para-hydroxylation sites is 1. The van der Waals surface area contributed by atoms with Crippen molar-refractivity contribution < 1.29 is 17.9 Å². The molecule has 0 saturated carbocycles. The second-order valence-electron chi connectivity index (χ2n) is 6.99. The molecule has 0 bridgehead atoms. The summed E-state index contributed by atoms with van der Waals surface area (Å²) in [6.45, 7) is 4.20. The Balaban J connectivity index is 1.92. The van der Waals surface area contributed by atoms with Gasteiger partial charge in [-0.15, -0.1) is 0 Å². The number of benzene rings is 2. The number of nitrogens with one attached hydrogen (secondary N) is 1. The van der Waals surface area contributed by atoms with Crippen LogP contribution in [0.25, 0.3) is 0 Å². The van der Waals surface area contributed by atoms with Crippen LogP contribution in [0.1, 0.15) is 31.4 Å². The molecule has 1 atom stereocenters. The Morgan fingerprint density at radius 1 is 1.21 bits per heavy atom. The zero-order chi connectivity index (χ0) is 21.2. The summed E-state index contributed by atoms with van der Waals surface area (Å²) in [5, 5.41) is 3.41. The van der Waals surface area contributed by atoms with E-state index in [1.807, 2.05) is 32.0 Å². The Morgan fingerprint density at radius 3 is 2.45 bits per heavy atom. The Labute approximate surface area is 176 Å². The van der Waals surface area contributed by atoms with Crippen LogP contribution < -0.4 is 14.4 Å². The summed E-state index contributed by atoms with van der Waals surface area (Å²) in [6.07, 6.45) is 2.11. The van der Waals surface area contributed by atoms with Gasteiger partial charge in [0.2, 0.25) is 10.0 Å². The highest BCUT2D eigenvalue weighted by atomic mass is 35.5. The summed E-state index contributed by atoms with van der Waals surface area (Å²) < 4.78 is 31.7. The standard InChI is InChI=1S/C21H25ClN2O4S/c1-4-14-7-6-8-15(5-2)20(14)23-21(25)19-11-12-24(29(3,26)27)17-13-16(22)9-10-18(17)28-19/h6-10,13,19H,4-5,11-12H2,1-3H3,(H,23,25)/t19-/m0/s1. The number of halogens is 1.